The molecule has 0 aromatic heterocycles. The van der Waals surface area contributed by atoms with E-state index in [1.807, 2.05) is 0 Å². The Kier molecular flexibility index (Phi) is 1.99. The maximum atomic E-state index is 5.61. The Balaban J connectivity index is 1.99. The molecular formula is C12H22O. The lowest BCUT2D eigenvalue weighted by atomic mass is 9.66. The van der Waals surface area contributed by atoms with Gasteiger partial charge in [-0.2, -0.15) is 0 Å². The average Bonchev–Trinajstić information content (AvgIpc) is 2.74. The van der Waals surface area contributed by atoms with Crippen molar-refractivity contribution in [2.45, 2.75) is 52.6 Å². The van der Waals surface area contributed by atoms with Gasteiger partial charge in [0.05, 0.1) is 12.2 Å². The summed E-state index contributed by atoms with van der Waals surface area (Å²) in [4.78, 5) is 0. The van der Waals surface area contributed by atoms with E-state index in [4.69, 9.17) is 4.74 Å². The molecule has 1 aliphatic heterocycles. The Morgan fingerprint density at radius 2 is 1.92 bits per heavy atom. The summed E-state index contributed by atoms with van der Waals surface area (Å²) in [5.41, 5.74) is 0.826. The first-order chi connectivity index (χ1) is 5.94. The minimum absolute atomic E-state index is 0.335. The largest absolute Gasteiger partial charge is 0.369 e. The second kappa shape index (κ2) is 2.73. The SMILES string of the molecule is C[C@H]1C[C@@H](C(C)(C)C)CC[C@@]12CO2. The predicted molar refractivity (Wildman–Crippen MR) is 54.6 cm³/mol. The lowest BCUT2D eigenvalue weighted by Crippen LogP contribution is -2.35. The van der Waals surface area contributed by atoms with Crippen LogP contribution in [-0.2, 0) is 4.74 Å². The van der Waals surface area contributed by atoms with E-state index in [1.54, 1.807) is 0 Å². The predicted octanol–water partition coefficient (Wildman–Crippen LogP) is 3.24. The summed E-state index contributed by atoms with van der Waals surface area (Å²) >= 11 is 0. The van der Waals surface area contributed by atoms with Crippen molar-refractivity contribution in [2.24, 2.45) is 17.3 Å². The van der Waals surface area contributed by atoms with Crippen molar-refractivity contribution >= 4 is 0 Å². The Labute approximate surface area is 81.9 Å². The first-order valence-electron chi connectivity index (χ1n) is 5.58. The molecule has 3 atom stereocenters. The summed E-state index contributed by atoms with van der Waals surface area (Å²) in [6.45, 7) is 10.5. The molecule has 1 saturated carbocycles. The first-order valence-corrected chi connectivity index (χ1v) is 5.58. The van der Waals surface area contributed by atoms with Crippen molar-refractivity contribution in [1.82, 2.24) is 0 Å². The molecule has 0 amide bonds. The Bertz CT molecular complexity index is 198. The van der Waals surface area contributed by atoms with Crippen molar-refractivity contribution in [3.05, 3.63) is 0 Å². The van der Waals surface area contributed by atoms with Crippen LogP contribution in [0.4, 0.5) is 0 Å². The van der Waals surface area contributed by atoms with E-state index in [0.29, 0.717) is 11.0 Å². The minimum atomic E-state index is 0.335. The van der Waals surface area contributed by atoms with E-state index in [2.05, 4.69) is 27.7 Å². The van der Waals surface area contributed by atoms with Crippen LogP contribution in [0.15, 0.2) is 0 Å². The molecule has 76 valence electrons. The van der Waals surface area contributed by atoms with Crippen LogP contribution in [0.2, 0.25) is 0 Å². The van der Waals surface area contributed by atoms with Crippen LogP contribution in [0.3, 0.4) is 0 Å². The summed E-state index contributed by atoms with van der Waals surface area (Å²) in [6.07, 6.45) is 4.04. The van der Waals surface area contributed by atoms with Gasteiger partial charge in [-0.3, -0.25) is 0 Å². The summed E-state index contributed by atoms with van der Waals surface area (Å²) in [7, 11) is 0. The molecule has 13 heavy (non-hydrogen) atoms. The molecule has 0 N–H and O–H groups in total. The third-order valence-corrected chi connectivity index (χ3v) is 4.19. The van der Waals surface area contributed by atoms with Gasteiger partial charge in [-0.05, 0) is 36.5 Å². The molecule has 2 aliphatic rings. The van der Waals surface area contributed by atoms with Gasteiger partial charge in [-0.15, -0.1) is 0 Å². The minimum Gasteiger partial charge on any atom is -0.369 e. The molecule has 1 nitrogen and oxygen atoms in total. The van der Waals surface area contributed by atoms with Gasteiger partial charge in [0, 0.05) is 0 Å². The Morgan fingerprint density at radius 1 is 1.31 bits per heavy atom. The zero-order chi connectivity index (χ0) is 9.69. The van der Waals surface area contributed by atoms with Crippen molar-refractivity contribution in [3.8, 4) is 0 Å². The third kappa shape index (κ3) is 1.63. The van der Waals surface area contributed by atoms with Gasteiger partial charge >= 0.3 is 0 Å². The van der Waals surface area contributed by atoms with Crippen LogP contribution < -0.4 is 0 Å². The molecular weight excluding hydrogens is 160 g/mol. The van der Waals surface area contributed by atoms with Crippen LogP contribution >= 0.6 is 0 Å². The fourth-order valence-electron chi connectivity index (χ4n) is 2.73. The molecule has 0 aromatic rings. The zero-order valence-corrected chi connectivity index (χ0v) is 9.39. The number of ether oxygens (including phenoxy) is 1. The van der Waals surface area contributed by atoms with Crippen LogP contribution in [0.25, 0.3) is 0 Å². The van der Waals surface area contributed by atoms with Gasteiger partial charge in [-0.1, -0.05) is 27.7 Å². The smallest absolute Gasteiger partial charge is 0.0942 e. The molecule has 2 fully saturated rings. The summed E-state index contributed by atoms with van der Waals surface area (Å²) in [5.74, 6) is 1.68. The van der Waals surface area contributed by atoms with Gasteiger partial charge < -0.3 is 4.74 Å². The lowest BCUT2D eigenvalue weighted by molar-refractivity contribution is 0.0791. The Hall–Kier alpha value is -0.0400. The highest BCUT2D eigenvalue weighted by atomic mass is 16.6. The maximum absolute atomic E-state index is 5.61. The van der Waals surface area contributed by atoms with Crippen molar-refractivity contribution in [2.75, 3.05) is 6.61 Å². The van der Waals surface area contributed by atoms with Crippen LogP contribution in [0.5, 0.6) is 0 Å². The average molecular weight is 182 g/mol. The van der Waals surface area contributed by atoms with Crippen LogP contribution in [0.1, 0.15) is 47.0 Å². The van der Waals surface area contributed by atoms with E-state index in [1.165, 1.54) is 19.3 Å². The molecule has 0 unspecified atom stereocenters. The van der Waals surface area contributed by atoms with E-state index >= 15 is 0 Å². The second-order valence-electron chi connectivity index (χ2n) is 6.09. The van der Waals surface area contributed by atoms with E-state index < -0.39 is 0 Å². The van der Waals surface area contributed by atoms with E-state index in [0.717, 1.165) is 18.4 Å². The molecule has 1 heterocycles. The highest BCUT2D eigenvalue weighted by Gasteiger charge is 2.53. The number of epoxide rings is 1. The lowest BCUT2D eigenvalue weighted by Gasteiger charge is -2.39. The highest BCUT2D eigenvalue weighted by molar-refractivity contribution is 5.01. The normalized spacial score (nSPS) is 45.2. The molecule has 0 bridgehead atoms. The number of hydrogen-bond acceptors (Lipinski definition) is 1. The summed E-state index contributed by atoms with van der Waals surface area (Å²) in [5, 5.41) is 0. The van der Waals surface area contributed by atoms with E-state index in [9.17, 15) is 0 Å². The molecule has 1 heteroatoms. The maximum Gasteiger partial charge on any atom is 0.0942 e. The van der Waals surface area contributed by atoms with Crippen molar-refractivity contribution < 1.29 is 4.74 Å². The molecule has 0 aromatic carbocycles. The molecule has 1 saturated heterocycles. The van der Waals surface area contributed by atoms with Crippen molar-refractivity contribution in [1.29, 1.82) is 0 Å². The first kappa shape index (κ1) is 9.51. The fourth-order valence-corrected chi connectivity index (χ4v) is 2.73. The summed E-state index contributed by atoms with van der Waals surface area (Å²) < 4.78 is 5.61. The third-order valence-electron chi connectivity index (χ3n) is 4.19. The topological polar surface area (TPSA) is 12.5 Å². The van der Waals surface area contributed by atoms with Gasteiger partial charge in [0.1, 0.15) is 0 Å². The zero-order valence-electron chi connectivity index (χ0n) is 9.39. The number of rotatable bonds is 0. The van der Waals surface area contributed by atoms with Crippen LogP contribution in [0, 0.1) is 17.3 Å². The Morgan fingerprint density at radius 3 is 2.31 bits per heavy atom. The van der Waals surface area contributed by atoms with Gasteiger partial charge in [-0.25, -0.2) is 0 Å². The van der Waals surface area contributed by atoms with Crippen LogP contribution in [-0.4, -0.2) is 12.2 Å². The fraction of sp³-hybridized carbons (Fsp3) is 1.00. The van der Waals surface area contributed by atoms with Crippen molar-refractivity contribution in [3.63, 3.8) is 0 Å². The summed E-state index contributed by atoms with van der Waals surface area (Å²) in [6, 6.07) is 0. The number of hydrogen-bond donors (Lipinski definition) is 0. The highest BCUT2D eigenvalue weighted by Crippen LogP contribution is 2.51. The second-order valence-corrected chi connectivity index (χ2v) is 6.09. The molecule has 2 rings (SSSR count). The van der Waals surface area contributed by atoms with Gasteiger partial charge in [0.2, 0.25) is 0 Å². The standard InChI is InChI=1S/C12H22O/c1-9-7-10(11(2,3)4)5-6-12(9)8-13-12/h9-10H,5-8H2,1-4H3/t9-,10-,12+/m0/s1. The monoisotopic (exact) mass is 182 g/mol. The van der Waals surface area contributed by atoms with Gasteiger partial charge in [0.15, 0.2) is 0 Å². The van der Waals surface area contributed by atoms with E-state index in [-0.39, 0.29) is 0 Å². The molecule has 1 aliphatic carbocycles. The molecule has 0 radical (unpaired) electrons. The van der Waals surface area contributed by atoms with Gasteiger partial charge in [0.25, 0.3) is 0 Å². The quantitative estimate of drug-likeness (QED) is 0.524. The molecule has 1 spiro atoms.